The van der Waals surface area contributed by atoms with Crippen LogP contribution < -0.4 is 16.2 Å². The second kappa shape index (κ2) is 8.30. The molecule has 0 atom stereocenters. The van der Waals surface area contributed by atoms with Crippen LogP contribution in [-0.2, 0) is 11.3 Å². The predicted octanol–water partition coefficient (Wildman–Crippen LogP) is 3.78. The van der Waals surface area contributed by atoms with Crippen molar-refractivity contribution < 1.29 is 9.59 Å². The summed E-state index contributed by atoms with van der Waals surface area (Å²) in [6.45, 7) is 1.57. The smallest absolute Gasteiger partial charge is 0.308 e. The molecule has 7 nitrogen and oxygen atoms in total. The Kier molecular flexibility index (Phi) is 5.40. The second-order valence-corrected chi connectivity index (χ2v) is 7.65. The minimum absolute atomic E-state index is 0.306. The van der Waals surface area contributed by atoms with Crippen molar-refractivity contribution in [3.63, 3.8) is 0 Å². The summed E-state index contributed by atoms with van der Waals surface area (Å²) >= 11 is 1.44. The molecule has 2 heterocycles. The van der Waals surface area contributed by atoms with Crippen molar-refractivity contribution in [3.05, 3.63) is 82.9 Å². The molecule has 4 aromatic rings. The summed E-state index contributed by atoms with van der Waals surface area (Å²) in [5.41, 5.74) is 2.09. The molecule has 0 saturated carbocycles. The van der Waals surface area contributed by atoms with E-state index in [1.807, 2.05) is 43.3 Å². The molecule has 0 aliphatic heterocycles. The molecule has 0 bridgehead atoms. The quantitative estimate of drug-likeness (QED) is 0.527. The lowest BCUT2D eigenvalue weighted by molar-refractivity contribution is -0.120. The molecule has 30 heavy (non-hydrogen) atoms. The number of fused-ring (bicyclic) bond motifs is 1. The first-order valence-electron chi connectivity index (χ1n) is 9.23. The predicted molar refractivity (Wildman–Crippen MR) is 118 cm³/mol. The third kappa shape index (κ3) is 3.99. The molecule has 0 aliphatic carbocycles. The third-order valence-electron chi connectivity index (χ3n) is 4.55. The fraction of sp³-hybridized carbons (Fsp3) is 0.0909. The Morgan fingerprint density at radius 3 is 2.40 bits per heavy atom. The lowest BCUT2D eigenvalue weighted by Crippen LogP contribution is -2.38. The minimum atomic E-state index is -0.661. The molecule has 2 aromatic carbocycles. The van der Waals surface area contributed by atoms with E-state index in [-0.39, 0.29) is 12.1 Å². The van der Waals surface area contributed by atoms with Crippen LogP contribution in [0.4, 0.5) is 10.5 Å². The Morgan fingerprint density at radius 2 is 1.70 bits per heavy atom. The van der Waals surface area contributed by atoms with E-state index in [0.29, 0.717) is 15.9 Å². The number of hydrogen-bond donors (Lipinski definition) is 2. The Hall–Kier alpha value is -3.78. The average Bonchev–Trinajstić information content (AvgIpc) is 3.08. The number of hydrogen-bond acceptors (Lipinski definition) is 5. The summed E-state index contributed by atoms with van der Waals surface area (Å²) in [4.78, 5) is 43.1. The van der Waals surface area contributed by atoms with Crippen LogP contribution >= 0.6 is 11.3 Å². The fourth-order valence-corrected chi connectivity index (χ4v) is 4.29. The number of para-hydroxylation sites is 1. The largest absolute Gasteiger partial charge is 0.325 e. The summed E-state index contributed by atoms with van der Waals surface area (Å²) < 4.78 is 1.21. The number of nitrogens with one attached hydrogen (secondary N) is 2. The van der Waals surface area contributed by atoms with Crippen molar-refractivity contribution in [2.45, 2.75) is 13.5 Å². The molecular formula is C22H18N4O3S. The number of imide groups is 1. The molecule has 0 spiro atoms. The first kappa shape index (κ1) is 19.5. The zero-order chi connectivity index (χ0) is 21.1. The SMILES string of the molecule is Cc1c(-c2ccccc2)sc2ncn(CC(=O)NC(=O)Nc3ccccc3)c(=O)c12. The first-order chi connectivity index (χ1) is 14.5. The van der Waals surface area contributed by atoms with E-state index < -0.39 is 11.9 Å². The molecular weight excluding hydrogens is 400 g/mol. The van der Waals surface area contributed by atoms with Crippen LogP contribution in [0.3, 0.4) is 0 Å². The molecule has 0 fully saturated rings. The molecule has 0 aliphatic rings. The second-order valence-electron chi connectivity index (χ2n) is 6.65. The van der Waals surface area contributed by atoms with Gasteiger partial charge in [0, 0.05) is 10.6 Å². The van der Waals surface area contributed by atoms with Gasteiger partial charge in [-0.3, -0.25) is 19.5 Å². The number of urea groups is 1. The van der Waals surface area contributed by atoms with Crippen molar-refractivity contribution in [2.75, 3.05) is 5.32 Å². The van der Waals surface area contributed by atoms with Gasteiger partial charge in [0.1, 0.15) is 11.4 Å². The van der Waals surface area contributed by atoms with Crippen LogP contribution in [0, 0.1) is 6.92 Å². The van der Waals surface area contributed by atoms with Crippen LogP contribution in [-0.4, -0.2) is 21.5 Å². The van der Waals surface area contributed by atoms with Gasteiger partial charge in [-0.05, 0) is 30.2 Å². The number of benzene rings is 2. The van der Waals surface area contributed by atoms with Gasteiger partial charge in [-0.2, -0.15) is 0 Å². The lowest BCUT2D eigenvalue weighted by atomic mass is 10.1. The molecule has 4 rings (SSSR count). The lowest BCUT2D eigenvalue weighted by Gasteiger charge is -2.08. The zero-order valence-corrected chi connectivity index (χ0v) is 16.9. The summed E-state index contributed by atoms with van der Waals surface area (Å²) in [6.07, 6.45) is 1.34. The van der Waals surface area contributed by atoms with Crippen LogP contribution in [0.5, 0.6) is 0 Å². The monoisotopic (exact) mass is 418 g/mol. The number of thiophene rings is 1. The van der Waals surface area contributed by atoms with E-state index in [1.165, 1.54) is 22.2 Å². The third-order valence-corrected chi connectivity index (χ3v) is 5.80. The molecule has 150 valence electrons. The first-order valence-corrected chi connectivity index (χ1v) is 10.0. The molecule has 8 heteroatoms. The van der Waals surface area contributed by atoms with Crippen LogP contribution in [0.1, 0.15) is 5.56 Å². The Morgan fingerprint density at radius 1 is 1.03 bits per heavy atom. The Bertz CT molecular complexity index is 1280. The molecule has 0 unspecified atom stereocenters. The van der Waals surface area contributed by atoms with E-state index in [9.17, 15) is 14.4 Å². The van der Waals surface area contributed by atoms with Gasteiger partial charge >= 0.3 is 6.03 Å². The van der Waals surface area contributed by atoms with Gasteiger partial charge < -0.3 is 5.32 Å². The number of carbonyl (C=O) groups excluding carboxylic acids is 2. The van der Waals surface area contributed by atoms with Crippen molar-refractivity contribution in [1.82, 2.24) is 14.9 Å². The Balaban J connectivity index is 1.54. The number of nitrogens with zero attached hydrogens (tertiary/aromatic N) is 2. The molecule has 3 amide bonds. The van der Waals surface area contributed by atoms with E-state index in [4.69, 9.17) is 0 Å². The highest BCUT2D eigenvalue weighted by Gasteiger charge is 2.17. The van der Waals surface area contributed by atoms with Gasteiger partial charge in [0.05, 0.1) is 11.7 Å². The summed E-state index contributed by atoms with van der Waals surface area (Å²) in [5, 5.41) is 5.27. The summed E-state index contributed by atoms with van der Waals surface area (Å²) in [5.74, 6) is -0.608. The van der Waals surface area contributed by atoms with Gasteiger partial charge in [-0.1, -0.05) is 48.5 Å². The van der Waals surface area contributed by atoms with E-state index >= 15 is 0 Å². The highest BCUT2D eigenvalue weighted by atomic mass is 32.1. The van der Waals surface area contributed by atoms with Crippen molar-refractivity contribution in [3.8, 4) is 10.4 Å². The molecule has 0 saturated heterocycles. The number of anilines is 1. The minimum Gasteiger partial charge on any atom is -0.308 e. The maximum Gasteiger partial charge on any atom is 0.325 e. The van der Waals surface area contributed by atoms with E-state index in [0.717, 1.165) is 16.0 Å². The van der Waals surface area contributed by atoms with Crippen molar-refractivity contribution >= 4 is 39.2 Å². The normalized spacial score (nSPS) is 10.7. The standard InChI is InChI=1S/C22H18N4O3S/c1-14-18-20(30-19(14)15-8-4-2-5-9-15)23-13-26(21(18)28)12-17(27)25-22(29)24-16-10-6-3-7-11-16/h2-11,13H,12H2,1H3,(H2,24,25,27,29). The highest BCUT2D eigenvalue weighted by molar-refractivity contribution is 7.22. The number of aromatic nitrogens is 2. The van der Waals surface area contributed by atoms with Gasteiger partial charge in [0.2, 0.25) is 5.91 Å². The highest BCUT2D eigenvalue weighted by Crippen LogP contribution is 2.35. The Labute approximate surface area is 176 Å². The van der Waals surface area contributed by atoms with Gasteiger partial charge in [-0.25, -0.2) is 9.78 Å². The van der Waals surface area contributed by atoms with E-state index in [2.05, 4.69) is 15.6 Å². The summed E-state index contributed by atoms with van der Waals surface area (Å²) in [7, 11) is 0. The van der Waals surface area contributed by atoms with Crippen molar-refractivity contribution in [2.24, 2.45) is 0 Å². The van der Waals surface area contributed by atoms with Crippen LogP contribution in [0.15, 0.2) is 71.8 Å². The number of aryl methyl sites for hydroxylation is 1. The zero-order valence-electron chi connectivity index (χ0n) is 16.1. The molecule has 2 N–H and O–H groups in total. The van der Waals surface area contributed by atoms with E-state index in [1.54, 1.807) is 24.3 Å². The average molecular weight is 418 g/mol. The number of carbonyl (C=O) groups is 2. The summed E-state index contributed by atoms with van der Waals surface area (Å²) in [6, 6.07) is 17.9. The van der Waals surface area contributed by atoms with Crippen LogP contribution in [0.2, 0.25) is 0 Å². The van der Waals surface area contributed by atoms with Crippen LogP contribution in [0.25, 0.3) is 20.7 Å². The van der Waals surface area contributed by atoms with Gasteiger partial charge in [-0.15, -0.1) is 11.3 Å². The maximum absolute atomic E-state index is 13.0. The number of amides is 3. The fourth-order valence-electron chi connectivity index (χ4n) is 3.14. The molecule has 2 aromatic heterocycles. The maximum atomic E-state index is 13.0. The molecule has 0 radical (unpaired) electrons. The topological polar surface area (TPSA) is 93.1 Å². The van der Waals surface area contributed by atoms with Crippen molar-refractivity contribution in [1.29, 1.82) is 0 Å². The number of rotatable bonds is 4. The van der Waals surface area contributed by atoms with Gasteiger partial charge in [0.15, 0.2) is 0 Å². The van der Waals surface area contributed by atoms with Gasteiger partial charge in [0.25, 0.3) is 5.56 Å².